The van der Waals surface area contributed by atoms with Crippen LogP contribution in [0.1, 0.15) is 23.0 Å². The highest BCUT2D eigenvalue weighted by Crippen LogP contribution is 2.27. The molecule has 0 atom stereocenters. The monoisotopic (exact) mass is 250 g/mol. The molecule has 0 saturated carbocycles. The van der Waals surface area contributed by atoms with E-state index in [0.717, 1.165) is 5.56 Å². The number of furan rings is 1. The van der Waals surface area contributed by atoms with E-state index in [9.17, 15) is 4.79 Å². The highest BCUT2D eigenvalue weighted by molar-refractivity contribution is 6.30. The second-order valence-corrected chi connectivity index (χ2v) is 4.07. The van der Waals surface area contributed by atoms with Gasteiger partial charge in [0.2, 0.25) is 5.76 Å². The zero-order valence-electron chi connectivity index (χ0n) is 9.24. The maximum Gasteiger partial charge on any atom is 0.372 e. The summed E-state index contributed by atoms with van der Waals surface area (Å²) in [7, 11) is 0. The first-order valence-electron chi connectivity index (χ1n) is 5.23. The van der Waals surface area contributed by atoms with Gasteiger partial charge in [0.1, 0.15) is 5.76 Å². The minimum absolute atomic E-state index is 0.0115. The van der Waals surface area contributed by atoms with Crippen LogP contribution < -0.4 is 0 Å². The van der Waals surface area contributed by atoms with Crippen LogP contribution in [-0.4, -0.2) is 11.1 Å². The molecule has 1 N–H and O–H groups in total. The fraction of sp³-hybridized carbons (Fsp3) is 0.154. The van der Waals surface area contributed by atoms with Crippen molar-refractivity contribution in [3.8, 4) is 11.3 Å². The molecular formula is C13H11ClO3. The summed E-state index contributed by atoms with van der Waals surface area (Å²) in [4.78, 5) is 11.0. The van der Waals surface area contributed by atoms with Crippen LogP contribution in [0.25, 0.3) is 11.3 Å². The first kappa shape index (κ1) is 11.7. The highest BCUT2D eigenvalue weighted by atomic mass is 35.5. The van der Waals surface area contributed by atoms with Crippen molar-refractivity contribution in [1.29, 1.82) is 0 Å². The van der Waals surface area contributed by atoms with Crippen LogP contribution in [0.2, 0.25) is 5.02 Å². The smallest absolute Gasteiger partial charge is 0.372 e. The van der Waals surface area contributed by atoms with Crippen LogP contribution in [0.4, 0.5) is 0 Å². The van der Waals surface area contributed by atoms with E-state index in [4.69, 9.17) is 21.1 Å². The Labute approximate surface area is 104 Å². The van der Waals surface area contributed by atoms with E-state index in [1.165, 1.54) is 0 Å². The van der Waals surface area contributed by atoms with E-state index in [1.807, 2.05) is 6.92 Å². The summed E-state index contributed by atoms with van der Waals surface area (Å²) in [5.74, 6) is -0.476. The Kier molecular flexibility index (Phi) is 3.20. The van der Waals surface area contributed by atoms with Gasteiger partial charge in [0.05, 0.1) is 0 Å². The maximum absolute atomic E-state index is 11.0. The lowest BCUT2D eigenvalue weighted by Gasteiger charge is -1.96. The van der Waals surface area contributed by atoms with Crippen molar-refractivity contribution >= 4 is 17.6 Å². The molecule has 0 aliphatic rings. The van der Waals surface area contributed by atoms with Crippen LogP contribution >= 0.6 is 11.6 Å². The van der Waals surface area contributed by atoms with Crippen molar-refractivity contribution in [1.82, 2.24) is 0 Å². The van der Waals surface area contributed by atoms with E-state index in [1.54, 1.807) is 30.3 Å². The molecule has 88 valence electrons. The first-order chi connectivity index (χ1) is 8.11. The number of hydrogen-bond donors (Lipinski definition) is 1. The molecule has 0 aliphatic heterocycles. The van der Waals surface area contributed by atoms with Gasteiger partial charge >= 0.3 is 5.97 Å². The largest absolute Gasteiger partial charge is 0.475 e. The second kappa shape index (κ2) is 4.63. The Balaban J connectivity index is 2.46. The maximum atomic E-state index is 11.0. The molecule has 2 aromatic rings. The van der Waals surface area contributed by atoms with Crippen molar-refractivity contribution in [3.63, 3.8) is 0 Å². The van der Waals surface area contributed by atoms with E-state index in [0.29, 0.717) is 22.8 Å². The van der Waals surface area contributed by atoms with Crippen LogP contribution in [0.15, 0.2) is 34.7 Å². The topological polar surface area (TPSA) is 50.4 Å². The van der Waals surface area contributed by atoms with Crippen molar-refractivity contribution in [2.75, 3.05) is 0 Å². The molecule has 3 nitrogen and oxygen atoms in total. The standard InChI is InChI=1S/C13H11ClO3/c1-2-8-7-11(17-12(8)13(15)16)9-3-5-10(14)6-4-9/h3-7H,2H2,1H3,(H,15,16). The Morgan fingerprint density at radius 2 is 2.00 bits per heavy atom. The third kappa shape index (κ3) is 2.34. The SMILES string of the molecule is CCc1cc(-c2ccc(Cl)cc2)oc1C(=O)O. The fourth-order valence-corrected chi connectivity index (χ4v) is 1.75. The van der Waals surface area contributed by atoms with E-state index < -0.39 is 5.97 Å². The number of carbonyl (C=O) groups is 1. The molecule has 0 spiro atoms. The lowest BCUT2D eigenvalue weighted by Crippen LogP contribution is -1.97. The quantitative estimate of drug-likeness (QED) is 0.900. The first-order valence-corrected chi connectivity index (χ1v) is 5.61. The molecule has 0 saturated heterocycles. The third-order valence-electron chi connectivity index (χ3n) is 2.51. The van der Waals surface area contributed by atoms with Gasteiger partial charge < -0.3 is 9.52 Å². The molecule has 0 unspecified atom stereocenters. The summed E-state index contributed by atoms with van der Waals surface area (Å²) in [6, 6.07) is 8.84. The van der Waals surface area contributed by atoms with Crippen LogP contribution in [0, 0.1) is 0 Å². The Morgan fingerprint density at radius 1 is 1.35 bits per heavy atom. The molecule has 0 aliphatic carbocycles. The normalized spacial score (nSPS) is 10.5. The number of aromatic carboxylic acids is 1. The molecule has 1 aromatic heterocycles. The molecule has 0 bridgehead atoms. The molecule has 17 heavy (non-hydrogen) atoms. The van der Waals surface area contributed by atoms with E-state index in [2.05, 4.69) is 0 Å². The second-order valence-electron chi connectivity index (χ2n) is 3.63. The number of benzene rings is 1. The predicted molar refractivity (Wildman–Crippen MR) is 65.5 cm³/mol. The number of aryl methyl sites for hydroxylation is 1. The number of carboxylic acid groups (broad SMARTS) is 1. The number of carboxylic acids is 1. The molecular weight excluding hydrogens is 240 g/mol. The van der Waals surface area contributed by atoms with Crippen molar-refractivity contribution in [3.05, 3.63) is 46.7 Å². The summed E-state index contributed by atoms with van der Waals surface area (Å²) < 4.78 is 5.35. The van der Waals surface area contributed by atoms with Crippen LogP contribution in [-0.2, 0) is 6.42 Å². The number of hydrogen-bond acceptors (Lipinski definition) is 2. The third-order valence-corrected chi connectivity index (χ3v) is 2.76. The minimum atomic E-state index is -1.04. The average Bonchev–Trinajstić information content (AvgIpc) is 2.74. The van der Waals surface area contributed by atoms with Gasteiger partial charge in [-0.1, -0.05) is 18.5 Å². The predicted octanol–water partition coefficient (Wildman–Crippen LogP) is 3.86. The Bertz CT molecular complexity index is 540. The lowest BCUT2D eigenvalue weighted by molar-refractivity contribution is 0.0662. The zero-order chi connectivity index (χ0) is 12.4. The Morgan fingerprint density at radius 3 is 2.47 bits per heavy atom. The molecule has 1 heterocycles. The van der Waals surface area contributed by atoms with Gasteiger partial charge in [0.15, 0.2) is 0 Å². The fourth-order valence-electron chi connectivity index (χ4n) is 1.63. The number of rotatable bonds is 3. The lowest BCUT2D eigenvalue weighted by atomic mass is 10.1. The number of halogens is 1. The van der Waals surface area contributed by atoms with E-state index >= 15 is 0 Å². The molecule has 1 aromatic carbocycles. The summed E-state index contributed by atoms with van der Waals surface area (Å²) in [5, 5.41) is 9.62. The van der Waals surface area contributed by atoms with Gasteiger partial charge in [-0.2, -0.15) is 0 Å². The molecule has 2 rings (SSSR count). The average molecular weight is 251 g/mol. The van der Waals surface area contributed by atoms with Gasteiger partial charge in [-0.25, -0.2) is 4.79 Å². The zero-order valence-corrected chi connectivity index (χ0v) is 9.99. The summed E-state index contributed by atoms with van der Waals surface area (Å²) in [5.41, 5.74) is 1.51. The summed E-state index contributed by atoms with van der Waals surface area (Å²) in [6.45, 7) is 1.89. The molecule has 4 heteroatoms. The van der Waals surface area contributed by atoms with Gasteiger partial charge in [-0.3, -0.25) is 0 Å². The van der Waals surface area contributed by atoms with E-state index in [-0.39, 0.29) is 5.76 Å². The van der Waals surface area contributed by atoms with Crippen LogP contribution in [0.5, 0.6) is 0 Å². The Hall–Kier alpha value is -1.74. The van der Waals surface area contributed by atoms with Crippen LogP contribution in [0.3, 0.4) is 0 Å². The molecule has 0 radical (unpaired) electrons. The highest BCUT2D eigenvalue weighted by Gasteiger charge is 2.16. The van der Waals surface area contributed by atoms with Crippen molar-refractivity contribution in [2.45, 2.75) is 13.3 Å². The summed E-state index contributed by atoms with van der Waals surface area (Å²) in [6.07, 6.45) is 0.624. The van der Waals surface area contributed by atoms with Gasteiger partial charge in [-0.05, 0) is 36.8 Å². The van der Waals surface area contributed by atoms with Gasteiger partial charge in [0.25, 0.3) is 0 Å². The molecule has 0 amide bonds. The molecule has 0 fully saturated rings. The minimum Gasteiger partial charge on any atom is -0.475 e. The van der Waals surface area contributed by atoms with Gasteiger partial charge in [-0.15, -0.1) is 0 Å². The van der Waals surface area contributed by atoms with Crippen molar-refractivity contribution in [2.24, 2.45) is 0 Å². The summed E-state index contributed by atoms with van der Waals surface area (Å²) >= 11 is 5.79. The van der Waals surface area contributed by atoms with Crippen molar-refractivity contribution < 1.29 is 14.3 Å². The van der Waals surface area contributed by atoms with Gasteiger partial charge in [0, 0.05) is 16.1 Å².